The maximum atomic E-state index is 12.5. The molecule has 0 spiro atoms. The third kappa shape index (κ3) is 4.46. The minimum absolute atomic E-state index is 0.249. The number of hydrogen-bond acceptors (Lipinski definition) is 5. The van der Waals surface area contributed by atoms with Gasteiger partial charge in [-0.1, -0.05) is 30.3 Å². The lowest BCUT2D eigenvalue weighted by Gasteiger charge is -2.16. The van der Waals surface area contributed by atoms with Gasteiger partial charge in [0.15, 0.2) is 0 Å². The van der Waals surface area contributed by atoms with Crippen molar-refractivity contribution in [3.8, 4) is 5.75 Å². The minimum atomic E-state index is -0.249. The smallest absolute Gasteiger partial charge is 0.274 e. The van der Waals surface area contributed by atoms with Gasteiger partial charge in [0.25, 0.3) is 5.91 Å². The van der Waals surface area contributed by atoms with Crippen LogP contribution in [0.25, 0.3) is 0 Å². The summed E-state index contributed by atoms with van der Waals surface area (Å²) in [4.78, 5) is 23.1. The molecule has 28 heavy (non-hydrogen) atoms. The number of carbonyl (C=O) groups excluding carboxylic acids is 1. The Bertz CT molecular complexity index is 923. The first-order valence-electron chi connectivity index (χ1n) is 9.43. The molecule has 0 radical (unpaired) electrons. The minimum Gasteiger partial charge on any atom is -0.489 e. The van der Waals surface area contributed by atoms with Crippen molar-refractivity contribution in [3.05, 3.63) is 78.2 Å². The van der Waals surface area contributed by atoms with E-state index < -0.39 is 0 Å². The van der Waals surface area contributed by atoms with E-state index in [1.54, 1.807) is 6.07 Å². The summed E-state index contributed by atoms with van der Waals surface area (Å²) < 4.78 is 5.77. The molecule has 0 unspecified atom stereocenters. The normalized spacial score (nSPS) is 13.4. The maximum Gasteiger partial charge on any atom is 0.274 e. The fourth-order valence-electron chi connectivity index (χ4n) is 3.16. The molecular formula is C22H22N4O2. The first-order valence-corrected chi connectivity index (χ1v) is 9.43. The van der Waals surface area contributed by atoms with E-state index in [1.165, 1.54) is 6.33 Å². The van der Waals surface area contributed by atoms with Crippen LogP contribution in [0.4, 0.5) is 11.5 Å². The van der Waals surface area contributed by atoms with Gasteiger partial charge in [0.05, 0.1) is 0 Å². The van der Waals surface area contributed by atoms with Crippen LogP contribution < -0.4 is 15.0 Å². The van der Waals surface area contributed by atoms with E-state index in [9.17, 15) is 4.79 Å². The van der Waals surface area contributed by atoms with Crippen molar-refractivity contribution in [1.29, 1.82) is 0 Å². The molecule has 1 saturated heterocycles. The van der Waals surface area contributed by atoms with Gasteiger partial charge in [0.2, 0.25) is 0 Å². The van der Waals surface area contributed by atoms with E-state index >= 15 is 0 Å². The molecule has 0 saturated carbocycles. The third-order valence-electron chi connectivity index (χ3n) is 4.68. The van der Waals surface area contributed by atoms with E-state index in [1.807, 2.05) is 54.6 Å². The van der Waals surface area contributed by atoms with Gasteiger partial charge in [-0.25, -0.2) is 9.97 Å². The van der Waals surface area contributed by atoms with Crippen LogP contribution in [0.2, 0.25) is 0 Å². The van der Waals surface area contributed by atoms with Crippen LogP contribution in [0.1, 0.15) is 28.9 Å². The summed E-state index contributed by atoms with van der Waals surface area (Å²) in [6.45, 7) is 2.46. The van der Waals surface area contributed by atoms with E-state index in [4.69, 9.17) is 4.74 Å². The van der Waals surface area contributed by atoms with Crippen LogP contribution in [-0.4, -0.2) is 29.0 Å². The Kier molecular flexibility index (Phi) is 5.47. The van der Waals surface area contributed by atoms with Crippen molar-refractivity contribution in [2.45, 2.75) is 19.4 Å². The molecule has 1 N–H and O–H groups in total. The molecule has 2 heterocycles. The van der Waals surface area contributed by atoms with Crippen molar-refractivity contribution in [2.75, 3.05) is 23.3 Å². The lowest BCUT2D eigenvalue weighted by molar-refractivity contribution is 0.102. The van der Waals surface area contributed by atoms with E-state index in [0.29, 0.717) is 18.0 Å². The van der Waals surface area contributed by atoms with Gasteiger partial charge in [0.1, 0.15) is 30.2 Å². The SMILES string of the molecule is O=C(Nc1ccc(OCc2ccccc2)cc1)c1cc(N2CCCC2)ncn1. The van der Waals surface area contributed by atoms with Gasteiger partial charge in [-0.2, -0.15) is 0 Å². The number of nitrogens with one attached hydrogen (secondary N) is 1. The van der Waals surface area contributed by atoms with E-state index in [2.05, 4.69) is 20.2 Å². The van der Waals surface area contributed by atoms with Gasteiger partial charge in [-0.05, 0) is 42.7 Å². The van der Waals surface area contributed by atoms with Crippen LogP contribution in [-0.2, 0) is 6.61 Å². The van der Waals surface area contributed by atoms with Crippen LogP contribution in [0.3, 0.4) is 0 Å². The van der Waals surface area contributed by atoms with Crippen LogP contribution in [0, 0.1) is 0 Å². The van der Waals surface area contributed by atoms with Gasteiger partial charge < -0.3 is 15.0 Å². The second-order valence-electron chi connectivity index (χ2n) is 6.71. The maximum absolute atomic E-state index is 12.5. The molecule has 1 aliphatic heterocycles. The predicted molar refractivity (Wildman–Crippen MR) is 109 cm³/mol. The molecule has 142 valence electrons. The topological polar surface area (TPSA) is 67.3 Å². The van der Waals surface area contributed by atoms with Crippen LogP contribution >= 0.6 is 0 Å². The van der Waals surface area contributed by atoms with Gasteiger partial charge >= 0.3 is 0 Å². The van der Waals surface area contributed by atoms with Crippen molar-refractivity contribution in [2.24, 2.45) is 0 Å². The van der Waals surface area contributed by atoms with Gasteiger partial charge in [0, 0.05) is 24.8 Å². The molecule has 1 aliphatic rings. The quantitative estimate of drug-likeness (QED) is 0.709. The van der Waals surface area contributed by atoms with Crippen LogP contribution in [0.15, 0.2) is 67.0 Å². The first kappa shape index (κ1) is 18.0. The van der Waals surface area contributed by atoms with E-state index in [-0.39, 0.29) is 5.91 Å². The summed E-state index contributed by atoms with van der Waals surface area (Å²) in [5, 5.41) is 2.87. The summed E-state index contributed by atoms with van der Waals surface area (Å²) >= 11 is 0. The highest BCUT2D eigenvalue weighted by Gasteiger charge is 2.16. The number of nitrogens with zero attached hydrogens (tertiary/aromatic N) is 3. The molecule has 2 aromatic carbocycles. The third-order valence-corrected chi connectivity index (χ3v) is 4.68. The van der Waals surface area contributed by atoms with E-state index in [0.717, 1.165) is 43.1 Å². The zero-order valence-corrected chi connectivity index (χ0v) is 15.5. The summed E-state index contributed by atoms with van der Waals surface area (Å²) in [5.41, 5.74) is 2.16. The summed E-state index contributed by atoms with van der Waals surface area (Å²) in [7, 11) is 0. The van der Waals surface area contributed by atoms with Crippen molar-refractivity contribution in [3.63, 3.8) is 0 Å². The van der Waals surface area contributed by atoms with Crippen molar-refractivity contribution in [1.82, 2.24) is 9.97 Å². The van der Waals surface area contributed by atoms with Gasteiger partial charge in [-0.15, -0.1) is 0 Å². The predicted octanol–water partition coefficient (Wildman–Crippen LogP) is 3.91. The second kappa shape index (κ2) is 8.52. The molecule has 1 aromatic heterocycles. The Balaban J connectivity index is 1.36. The molecule has 0 atom stereocenters. The molecule has 1 fully saturated rings. The number of aromatic nitrogens is 2. The summed E-state index contributed by atoms with van der Waals surface area (Å²) in [5.74, 6) is 1.31. The number of carbonyl (C=O) groups is 1. The number of benzene rings is 2. The summed E-state index contributed by atoms with van der Waals surface area (Å²) in [6, 6.07) is 19.1. The Labute approximate surface area is 164 Å². The second-order valence-corrected chi connectivity index (χ2v) is 6.71. The number of hydrogen-bond donors (Lipinski definition) is 1. The fourth-order valence-corrected chi connectivity index (χ4v) is 3.16. The fraction of sp³-hybridized carbons (Fsp3) is 0.227. The number of rotatable bonds is 6. The lowest BCUT2D eigenvalue weighted by Crippen LogP contribution is -2.21. The number of amides is 1. The molecular weight excluding hydrogens is 352 g/mol. The first-order chi connectivity index (χ1) is 13.8. The molecule has 1 amide bonds. The number of ether oxygens (including phenoxy) is 1. The average Bonchev–Trinajstić information content (AvgIpc) is 3.29. The number of anilines is 2. The highest BCUT2D eigenvalue weighted by atomic mass is 16.5. The molecule has 0 aliphatic carbocycles. The lowest BCUT2D eigenvalue weighted by atomic mass is 10.2. The monoisotopic (exact) mass is 374 g/mol. The average molecular weight is 374 g/mol. The van der Waals surface area contributed by atoms with Crippen LogP contribution in [0.5, 0.6) is 5.75 Å². The largest absolute Gasteiger partial charge is 0.489 e. The zero-order valence-electron chi connectivity index (χ0n) is 15.5. The summed E-state index contributed by atoms with van der Waals surface area (Å²) in [6.07, 6.45) is 3.76. The molecule has 3 aromatic rings. The highest BCUT2D eigenvalue weighted by molar-refractivity contribution is 6.03. The molecule has 4 rings (SSSR count). The standard InChI is InChI=1S/C22H22N4O2/c27-22(20-14-21(24-16-23-20)26-12-4-5-13-26)25-18-8-10-19(11-9-18)28-15-17-6-2-1-3-7-17/h1-3,6-11,14,16H,4-5,12-13,15H2,(H,25,27). The van der Waals surface area contributed by atoms with Crippen molar-refractivity contribution < 1.29 is 9.53 Å². The van der Waals surface area contributed by atoms with Gasteiger partial charge in [-0.3, -0.25) is 4.79 Å². The highest BCUT2D eigenvalue weighted by Crippen LogP contribution is 2.20. The van der Waals surface area contributed by atoms with Crippen molar-refractivity contribution >= 4 is 17.4 Å². The Morgan fingerprint density at radius 2 is 1.75 bits per heavy atom. The molecule has 0 bridgehead atoms. The molecule has 6 nitrogen and oxygen atoms in total. The molecule has 6 heteroatoms. The zero-order chi connectivity index (χ0) is 19.2. The Morgan fingerprint density at radius 1 is 1.00 bits per heavy atom. The Morgan fingerprint density at radius 3 is 2.50 bits per heavy atom. The Hall–Kier alpha value is -3.41.